The number of hydrogen-bond donors (Lipinski definition) is 0. The van der Waals surface area contributed by atoms with E-state index in [-0.39, 0.29) is 11.7 Å². The summed E-state index contributed by atoms with van der Waals surface area (Å²) in [5, 5.41) is 0. The predicted octanol–water partition coefficient (Wildman–Crippen LogP) is 2.75. The summed E-state index contributed by atoms with van der Waals surface area (Å²) in [5.41, 5.74) is -0.576. The Bertz CT molecular complexity index is 678. The Kier molecular flexibility index (Phi) is 4.34. The molecule has 0 aliphatic carbocycles. The lowest BCUT2D eigenvalue weighted by Gasteiger charge is -2.12. The second kappa shape index (κ2) is 6.27. The van der Waals surface area contributed by atoms with Gasteiger partial charge in [-0.05, 0) is 19.4 Å². The van der Waals surface area contributed by atoms with Crippen molar-refractivity contribution in [2.24, 2.45) is 0 Å². The molecule has 0 spiro atoms. The zero-order valence-corrected chi connectivity index (χ0v) is 12.7. The van der Waals surface area contributed by atoms with E-state index in [4.69, 9.17) is 4.74 Å². The van der Waals surface area contributed by atoms with Gasteiger partial charge >= 0.3 is 6.18 Å². The van der Waals surface area contributed by atoms with Gasteiger partial charge in [0.15, 0.2) is 0 Å². The van der Waals surface area contributed by atoms with Crippen LogP contribution in [-0.2, 0) is 23.9 Å². The fourth-order valence-corrected chi connectivity index (χ4v) is 2.72. The molecule has 3 rings (SSSR count). The Labute approximate surface area is 131 Å². The molecule has 2 aromatic rings. The number of ether oxygens (including phenoxy) is 1. The second-order valence-electron chi connectivity index (χ2n) is 5.60. The Morgan fingerprint density at radius 2 is 2.17 bits per heavy atom. The minimum atomic E-state index is -4.45. The minimum absolute atomic E-state index is 0.194. The van der Waals surface area contributed by atoms with Crippen molar-refractivity contribution in [2.45, 2.75) is 38.4 Å². The summed E-state index contributed by atoms with van der Waals surface area (Å²) in [6.07, 6.45) is 0.307. The average molecular weight is 326 g/mol. The highest BCUT2D eigenvalue weighted by molar-refractivity contribution is 5.13. The molecule has 0 saturated carbocycles. The quantitative estimate of drug-likeness (QED) is 0.867. The van der Waals surface area contributed by atoms with E-state index in [9.17, 15) is 13.2 Å². The van der Waals surface area contributed by atoms with Crippen LogP contribution in [0.1, 0.15) is 35.4 Å². The summed E-state index contributed by atoms with van der Waals surface area (Å²) in [5.74, 6) is 1.35. The summed E-state index contributed by atoms with van der Waals surface area (Å²) in [4.78, 5) is 12.1. The van der Waals surface area contributed by atoms with E-state index >= 15 is 0 Å². The summed E-state index contributed by atoms with van der Waals surface area (Å²) in [6.45, 7) is 3.38. The minimum Gasteiger partial charge on any atom is -0.381 e. The van der Waals surface area contributed by atoms with Gasteiger partial charge in [-0.2, -0.15) is 13.2 Å². The summed E-state index contributed by atoms with van der Waals surface area (Å²) in [6, 6.07) is 0.960. The molecule has 0 amide bonds. The Balaban J connectivity index is 1.74. The van der Waals surface area contributed by atoms with Crippen molar-refractivity contribution in [1.29, 1.82) is 0 Å². The van der Waals surface area contributed by atoms with Crippen LogP contribution >= 0.6 is 0 Å². The van der Waals surface area contributed by atoms with Crippen molar-refractivity contribution in [2.75, 3.05) is 13.2 Å². The highest BCUT2D eigenvalue weighted by Crippen LogP contribution is 2.28. The van der Waals surface area contributed by atoms with Crippen LogP contribution in [0.15, 0.2) is 18.5 Å². The molecule has 0 radical (unpaired) electrons. The number of aryl methyl sites for hydroxylation is 3. The molecule has 1 saturated heterocycles. The first kappa shape index (κ1) is 15.9. The monoisotopic (exact) mass is 326 g/mol. The van der Waals surface area contributed by atoms with E-state index in [1.54, 1.807) is 13.1 Å². The standard InChI is InChI=1S/C15H17F3N4O/c1-10-8-12(15(16,17)18)21-13(20-10)2-5-22-6-4-19-14(22)11-3-7-23-9-11/h4,6,8,11H,2-3,5,7,9H2,1H3. The summed E-state index contributed by atoms with van der Waals surface area (Å²) < 4.78 is 45.7. The number of alkyl halides is 3. The van der Waals surface area contributed by atoms with Crippen molar-refractivity contribution in [3.8, 4) is 0 Å². The molecule has 8 heteroatoms. The molecule has 1 aliphatic rings. The smallest absolute Gasteiger partial charge is 0.381 e. The van der Waals surface area contributed by atoms with Gasteiger partial charge in [-0.15, -0.1) is 0 Å². The lowest BCUT2D eigenvalue weighted by molar-refractivity contribution is -0.141. The maximum atomic E-state index is 12.8. The van der Waals surface area contributed by atoms with E-state index in [1.807, 2.05) is 10.8 Å². The number of hydrogen-bond acceptors (Lipinski definition) is 4. The van der Waals surface area contributed by atoms with Gasteiger partial charge in [-0.3, -0.25) is 0 Å². The largest absolute Gasteiger partial charge is 0.433 e. The highest BCUT2D eigenvalue weighted by atomic mass is 19.4. The number of aromatic nitrogens is 4. The third-order valence-corrected chi connectivity index (χ3v) is 3.81. The van der Waals surface area contributed by atoms with Crippen LogP contribution in [0.25, 0.3) is 0 Å². The molecule has 2 aromatic heterocycles. The molecular formula is C15H17F3N4O. The molecule has 1 fully saturated rings. The molecule has 1 atom stereocenters. The molecule has 5 nitrogen and oxygen atoms in total. The summed E-state index contributed by atoms with van der Waals surface area (Å²) >= 11 is 0. The third kappa shape index (κ3) is 3.69. The fraction of sp³-hybridized carbons (Fsp3) is 0.533. The van der Waals surface area contributed by atoms with E-state index in [1.165, 1.54) is 0 Å². The normalized spacial score (nSPS) is 18.5. The molecule has 23 heavy (non-hydrogen) atoms. The van der Waals surface area contributed by atoms with Crippen LogP contribution < -0.4 is 0 Å². The Hall–Kier alpha value is -1.96. The molecule has 1 unspecified atom stereocenters. The van der Waals surface area contributed by atoms with Crippen LogP contribution in [0.4, 0.5) is 13.2 Å². The van der Waals surface area contributed by atoms with Crippen LogP contribution in [0.5, 0.6) is 0 Å². The maximum Gasteiger partial charge on any atom is 0.433 e. The first-order valence-corrected chi connectivity index (χ1v) is 7.44. The van der Waals surface area contributed by atoms with Gasteiger partial charge in [0, 0.05) is 43.6 Å². The van der Waals surface area contributed by atoms with Crippen molar-refractivity contribution in [3.05, 3.63) is 41.5 Å². The lowest BCUT2D eigenvalue weighted by Crippen LogP contribution is -2.14. The van der Waals surface area contributed by atoms with Crippen LogP contribution in [-0.4, -0.2) is 32.7 Å². The molecule has 0 aromatic carbocycles. The van der Waals surface area contributed by atoms with Crippen molar-refractivity contribution < 1.29 is 17.9 Å². The van der Waals surface area contributed by atoms with E-state index in [2.05, 4.69) is 15.0 Å². The first-order valence-electron chi connectivity index (χ1n) is 7.44. The van der Waals surface area contributed by atoms with Gasteiger partial charge < -0.3 is 9.30 Å². The van der Waals surface area contributed by atoms with Gasteiger partial charge in [-0.25, -0.2) is 15.0 Å². The number of halogens is 3. The molecule has 0 bridgehead atoms. The highest BCUT2D eigenvalue weighted by Gasteiger charge is 2.33. The number of rotatable bonds is 4. The van der Waals surface area contributed by atoms with Crippen molar-refractivity contribution in [1.82, 2.24) is 19.5 Å². The maximum absolute atomic E-state index is 12.8. The van der Waals surface area contributed by atoms with E-state index in [0.29, 0.717) is 31.9 Å². The molecule has 0 N–H and O–H groups in total. The Morgan fingerprint density at radius 1 is 1.35 bits per heavy atom. The Morgan fingerprint density at radius 3 is 2.87 bits per heavy atom. The predicted molar refractivity (Wildman–Crippen MR) is 75.9 cm³/mol. The van der Waals surface area contributed by atoms with E-state index in [0.717, 1.165) is 18.3 Å². The zero-order chi connectivity index (χ0) is 16.4. The van der Waals surface area contributed by atoms with Gasteiger partial charge in [0.2, 0.25) is 0 Å². The van der Waals surface area contributed by atoms with Crippen LogP contribution in [0.3, 0.4) is 0 Å². The number of nitrogens with zero attached hydrogens (tertiary/aromatic N) is 4. The number of imidazole rings is 1. The van der Waals surface area contributed by atoms with Crippen LogP contribution in [0.2, 0.25) is 0 Å². The lowest BCUT2D eigenvalue weighted by atomic mass is 10.1. The van der Waals surface area contributed by atoms with Crippen LogP contribution in [0, 0.1) is 6.92 Å². The zero-order valence-electron chi connectivity index (χ0n) is 12.7. The van der Waals surface area contributed by atoms with Crippen molar-refractivity contribution in [3.63, 3.8) is 0 Å². The molecule has 1 aliphatic heterocycles. The first-order chi connectivity index (χ1) is 10.9. The second-order valence-corrected chi connectivity index (χ2v) is 5.60. The topological polar surface area (TPSA) is 52.8 Å². The molecular weight excluding hydrogens is 309 g/mol. The van der Waals surface area contributed by atoms with E-state index < -0.39 is 11.9 Å². The summed E-state index contributed by atoms with van der Waals surface area (Å²) in [7, 11) is 0. The van der Waals surface area contributed by atoms with Gasteiger partial charge in [-0.1, -0.05) is 0 Å². The molecule has 124 valence electrons. The van der Waals surface area contributed by atoms with Crippen molar-refractivity contribution >= 4 is 0 Å². The van der Waals surface area contributed by atoms with Gasteiger partial charge in [0.25, 0.3) is 0 Å². The van der Waals surface area contributed by atoms with Gasteiger partial charge in [0.1, 0.15) is 17.3 Å². The van der Waals surface area contributed by atoms with Gasteiger partial charge in [0.05, 0.1) is 6.61 Å². The molecule has 3 heterocycles. The fourth-order valence-electron chi connectivity index (χ4n) is 2.72. The average Bonchev–Trinajstić information content (AvgIpc) is 3.14. The third-order valence-electron chi connectivity index (χ3n) is 3.81. The SMILES string of the molecule is Cc1cc(C(F)(F)F)nc(CCn2ccnc2C2CCOC2)n1.